The minimum absolute atomic E-state index is 0.00526. The molecule has 3 aromatic rings. The Balaban J connectivity index is 1.71. The number of rotatable bonds is 9. The van der Waals surface area contributed by atoms with Crippen molar-refractivity contribution in [2.24, 2.45) is 5.92 Å². The van der Waals surface area contributed by atoms with Gasteiger partial charge in [0.1, 0.15) is 27.3 Å². The van der Waals surface area contributed by atoms with E-state index < -0.39 is 23.0 Å². The van der Waals surface area contributed by atoms with Gasteiger partial charge in [-0.2, -0.15) is 0 Å². The first kappa shape index (κ1) is 23.7. The van der Waals surface area contributed by atoms with Gasteiger partial charge in [0.25, 0.3) is 0 Å². The van der Waals surface area contributed by atoms with Gasteiger partial charge in [0.2, 0.25) is 5.78 Å². The first-order chi connectivity index (χ1) is 15.2. The number of thiazole rings is 1. The molecular formula is C24H25F2N3O2S. The molecule has 2 N–H and O–H groups in total. The summed E-state index contributed by atoms with van der Waals surface area (Å²) in [5.41, 5.74) is 6.75. The maximum absolute atomic E-state index is 14.0. The first-order valence-corrected chi connectivity index (χ1v) is 11.0. The lowest BCUT2D eigenvalue weighted by Crippen LogP contribution is -2.21. The summed E-state index contributed by atoms with van der Waals surface area (Å²) >= 11 is 1.01. The number of ketones is 2. The Morgan fingerprint density at radius 1 is 1.09 bits per heavy atom. The number of aromatic nitrogens is 1. The number of hydrogen-bond acceptors (Lipinski definition) is 6. The summed E-state index contributed by atoms with van der Waals surface area (Å²) in [7, 11) is 3.96. The molecule has 1 atom stereocenters. The molecule has 3 rings (SSSR count). The van der Waals surface area contributed by atoms with E-state index in [0.717, 1.165) is 35.6 Å². The number of Topliss-reactive ketones (excluding diaryl/α,β-unsaturated/α-hetero) is 1. The Bertz CT molecular complexity index is 1110. The van der Waals surface area contributed by atoms with Crippen LogP contribution in [0, 0.1) is 17.6 Å². The van der Waals surface area contributed by atoms with Gasteiger partial charge in [0, 0.05) is 24.9 Å². The number of hydrogen-bond donors (Lipinski definition) is 1. The zero-order chi connectivity index (χ0) is 23.4. The Hall–Kier alpha value is -2.97. The van der Waals surface area contributed by atoms with Crippen molar-refractivity contribution in [1.29, 1.82) is 0 Å². The first-order valence-electron chi connectivity index (χ1n) is 10.2. The number of nitrogens with zero attached hydrogens (tertiary/aromatic N) is 2. The molecule has 0 amide bonds. The summed E-state index contributed by atoms with van der Waals surface area (Å²) in [6.07, 6.45) is 0.853. The lowest BCUT2D eigenvalue weighted by molar-refractivity contribution is 0.0957. The molecule has 0 spiro atoms. The van der Waals surface area contributed by atoms with E-state index in [0.29, 0.717) is 23.4 Å². The normalized spacial score (nSPS) is 12.2. The fourth-order valence-electron chi connectivity index (χ4n) is 3.55. The van der Waals surface area contributed by atoms with Crippen molar-refractivity contribution in [2.75, 3.05) is 26.4 Å². The molecule has 0 unspecified atom stereocenters. The summed E-state index contributed by atoms with van der Waals surface area (Å²) in [6.45, 7) is 2.89. The molecule has 0 aliphatic heterocycles. The van der Waals surface area contributed by atoms with Gasteiger partial charge >= 0.3 is 0 Å². The number of halogens is 2. The monoisotopic (exact) mass is 457 g/mol. The maximum Gasteiger partial charge on any atom is 0.212 e. The Kier molecular flexibility index (Phi) is 7.48. The second-order valence-corrected chi connectivity index (χ2v) is 9.20. The fourth-order valence-corrected chi connectivity index (χ4v) is 4.51. The predicted molar refractivity (Wildman–Crippen MR) is 122 cm³/mol. The third kappa shape index (κ3) is 5.63. The van der Waals surface area contributed by atoms with Crippen LogP contribution in [0.4, 0.5) is 14.6 Å². The van der Waals surface area contributed by atoms with Gasteiger partial charge in [-0.25, -0.2) is 13.8 Å². The average Bonchev–Trinajstić information content (AvgIpc) is 3.07. The minimum atomic E-state index is -0.940. The van der Waals surface area contributed by atoms with Gasteiger partial charge in [0.15, 0.2) is 5.78 Å². The van der Waals surface area contributed by atoms with Crippen LogP contribution in [0.3, 0.4) is 0 Å². The number of nitrogen functional groups attached to an aromatic ring is 1. The van der Waals surface area contributed by atoms with Crippen LogP contribution in [0.2, 0.25) is 0 Å². The van der Waals surface area contributed by atoms with E-state index in [9.17, 15) is 18.4 Å². The summed E-state index contributed by atoms with van der Waals surface area (Å²) in [4.78, 5) is 31.4. The Morgan fingerprint density at radius 2 is 1.72 bits per heavy atom. The van der Waals surface area contributed by atoms with Crippen molar-refractivity contribution >= 4 is 28.7 Å². The van der Waals surface area contributed by atoms with Crippen LogP contribution in [0.25, 0.3) is 0 Å². The summed E-state index contributed by atoms with van der Waals surface area (Å²) in [5.74, 6) is -2.42. The molecule has 0 saturated heterocycles. The van der Waals surface area contributed by atoms with Crippen molar-refractivity contribution in [1.82, 2.24) is 9.88 Å². The molecule has 1 heterocycles. The largest absolute Gasteiger partial charge is 0.382 e. The molecule has 0 aliphatic carbocycles. The molecule has 0 saturated carbocycles. The smallest absolute Gasteiger partial charge is 0.212 e. The van der Waals surface area contributed by atoms with Crippen molar-refractivity contribution < 1.29 is 18.4 Å². The highest BCUT2D eigenvalue weighted by Crippen LogP contribution is 2.28. The number of carbonyl (C=O) groups is 2. The highest BCUT2D eigenvalue weighted by molar-refractivity contribution is 7.14. The van der Waals surface area contributed by atoms with E-state index in [1.807, 2.05) is 33.2 Å². The molecule has 168 valence electrons. The lowest BCUT2D eigenvalue weighted by atomic mass is 9.98. The second-order valence-electron chi connectivity index (χ2n) is 8.12. The van der Waals surface area contributed by atoms with Crippen LogP contribution in [0.5, 0.6) is 0 Å². The molecule has 0 radical (unpaired) electrons. The van der Waals surface area contributed by atoms with Crippen LogP contribution < -0.4 is 5.73 Å². The minimum Gasteiger partial charge on any atom is -0.382 e. The summed E-state index contributed by atoms with van der Waals surface area (Å²) in [5, 5.41) is 0.543. The van der Waals surface area contributed by atoms with Gasteiger partial charge in [-0.3, -0.25) is 9.59 Å². The number of carbonyl (C=O) groups excluding carboxylic acids is 2. The van der Waals surface area contributed by atoms with Crippen LogP contribution in [-0.4, -0.2) is 42.1 Å². The molecule has 0 aliphatic rings. The van der Waals surface area contributed by atoms with E-state index in [1.165, 1.54) is 6.07 Å². The van der Waals surface area contributed by atoms with Gasteiger partial charge in [-0.1, -0.05) is 37.3 Å². The third-order valence-corrected chi connectivity index (χ3v) is 6.01. The SMILES string of the molecule is C[C@@H](CC(=O)c1ccc(Cc2nc(N)c(C(=O)c3c(F)cccc3F)s2)cc1)CN(C)C. The maximum atomic E-state index is 14.0. The zero-order valence-corrected chi connectivity index (χ0v) is 19.0. The zero-order valence-electron chi connectivity index (χ0n) is 18.2. The summed E-state index contributed by atoms with van der Waals surface area (Å²) < 4.78 is 27.9. The standard InChI is InChI=1S/C24H25F2N3O2S/c1-14(13-29(2)3)11-19(30)16-9-7-15(8-10-16)12-20-28-24(27)23(32-20)22(31)21-17(25)5-4-6-18(21)26/h4-10,14H,11-13,27H2,1-3H3/t14-/m0/s1. The molecule has 0 fully saturated rings. The van der Waals surface area contributed by atoms with Crippen LogP contribution in [-0.2, 0) is 6.42 Å². The second kappa shape index (κ2) is 10.1. The topological polar surface area (TPSA) is 76.3 Å². The molecule has 1 aromatic heterocycles. The number of nitrogens with two attached hydrogens (primary N) is 1. The van der Waals surface area contributed by atoms with E-state index in [1.54, 1.807) is 12.1 Å². The molecule has 2 aromatic carbocycles. The van der Waals surface area contributed by atoms with E-state index in [2.05, 4.69) is 9.88 Å². The molecular weight excluding hydrogens is 432 g/mol. The van der Waals surface area contributed by atoms with Gasteiger partial charge in [-0.15, -0.1) is 11.3 Å². The van der Waals surface area contributed by atoms with Crippen molar-refractivity contribution in [3.63, 3.8) is 0 Å². The fraction of sp³-hybridized carbons (Fsp3) is 0.292. The molecule has 32 heavy (non-hydrogen) atoms. The van der Waals surface area contributed by atoms with Crippen molar-refractivity contribution in [3.05, 3.63) is 80.7 Å². The summed E-state index contributed by atoms with van der Waals surface area (Å²) in [6, 6.07) is 10.5. The van der Waals surface area contributed by atoms with Crippen LogP contribution in [0.1, 0.15) is 49.5 Å². The number of benzene rings is 2. The van der Waals surface area contributed by atoms with Gasteiger partial charge in [-0.05, 0) is 37.7 Å². The molecule has 5 nitrogen and oxygen atoms in total. The molecule has 8 heteroatoms. The van der Waals surface area contributed by atoms with Gasteiger partial charge < -0.3 is 10.6 Å². The predicted octanol–water partition coefficient (Wildman–Crippen LogP) is 4.60. The van der Waals surface area contributed by atoms with E-state index in [-0.39, 0.29) is 22.4 Å². The lowest BCUT2D eigenvalue weighted by Gasteiger charge is -2.16. The molecule has 0 bridgehead atoms. The number of anilines is 1. The van der Waals surface area contributed by atoms with E-state index >= 15 is 0 Å². The van der Waals surface area contributed by atoms with Crippen LogP contribution >= 0.6 is 11.3 Å². The van der Waals surface area contributed by atoms with E-state index in [4.69, 9.17) is 5.73 Å². The highest BCUT2D eigenvalue weighted by Gasteiger charge is 2.24. The Labute approximate surface area is 189 Å². The quantitative estimate of drug-likeness (QED) is 0.476. The average molecular weight is 458 g/mol. The highest BCUT2D eigenvalue weighted by atomic mass is 32.1. The Morgan fingerprint density at radius 3 is 2.31 bits per heavy atom. The van der Waals surface area contributed by atoms with Crippen molar-refractivity contribution in [2.45, 2.75) is 19.8 Å². The van der Waals surface area contributed by atoms with Gasteiger partial charge in [0.05, 0.1) is 5.56 Å². The third-order valence-electron chi connectivity index (χ3n) is 4.94. The van der Waals surface area contributed by atoms with Crippen molar-refractivity contribution in [3.8, 4) is 0 Å². The van der Waals surface area contributed by atoms with Crippen LogP contribution in [0.15, 0.2) is 42.5 Å².